The van der Waals surface area contributed by atoms with Crippen molar-refractivity contribution in [3.63, 3.8) is 0 Å². The summed E-state index contributed by atoms with van der Waals surface area (Å²) >= 11 is 11.7. The fourth-order valence-electron chi connectivity index (χ4n) is 2.01. The molecule has 1 aromatic rings. The van der Waals surface area contributed by atoms with E-state index < -0.39 is 0 Å². The fourth-order valence-corrected chi connectivity index (χ4v) is 2.31. The van der Waals surface area contributed by atoms with Crippen molar-refractivity contribution in [3.05, 3.63) is 16.4 Å². The van der Waals surface area contributed by atoms with Gasteiger partial charge >= 0.3 is 0 Å². The predicted octanol–water partition coefficient (Wildman–Crippen LogP) is 3.38. The molecule has 2 atom stereocenters. The molecule has 82 valence electrons. The van der Waals surface area contributed by atoms with E-state index in [4.69, 9.17) is 23.2 Å². The zero-order valence-electron chi connectivity index (χ0n) is 8.50. The molecule has 1 heterocycles. The Kier molecular flexibility index (Phi) is 3.32. The number of hydrogen-bond acceptors (Lipinski definition) is 3. The van der Waals surface area contributed by atoms with Crippen LogP contribution in [0.2, 0.25) is 10.3 Å². The average molecular weight is 246 g/mol. The number of halogens is 2. The van der Waals surface area contributed by atoms with Gasteiger partial charge in [-0.15, -0.1) is 10.2 Å². The molecule has 0 amide bonds. The van der Waals surface area contributed by atoms with Gasteiger partial charge in [-0.1, -0.05) is 30.1 Å². The monoisotopic (exact) mass is 245 g/mol. The lowest BCUT2D eigenvalue weighted by atomic mass is 10.1. The van der Waals surface area contributed by atoms with Gasteiger partial charge in [0.25, 0.3) is 0 Å². The van der Waals surface area contributed by atoms with Crippen molar-refractivity contribution < 1.29 is 0 Å². The van der Waals surface area contributed by atoms with E-state index in [-0.39, 0.29) is 0 Å². The van der Waals surface area contributed by atoms with E-state index in [1.165, 1.54) is 19.3 Å². The molecule has 1 aliphatic carbocycles. The van der Waals surface area contributed by atoms with Gasteiger partial charge in [-0.2, -0.15) is 0 Å². The van der Waals surface area contributed by atoms with Gasteiger partial charge in [0.15, 0.2) is 10.3 Å². The van der Waals surface area contributed by atoms with E-state index in [1.54, 1.807) is 6.07 Å². The molecule has 0 aromatic carbocycles. The maximum Gasteiger partial charge on any atom is 0.174 e. The van der Waals surface area contributed by atoms with E-state index in [2.05, 4.69) is 22.4 Å². The van der Waals surface area contributed by atoms with Crippen molar-refractivity contribution in [2.45, 2.75) is 32.2 Å². The molecule has 0 spiro atoms. The first-order valence-electron chi connectivity index (χ1n) is 5.10. The molecule has 1 aromatic heterocycles. The minimum atomic E-state index is 0.368. The van der Waals surface area contributed by atoms with Gasteiger partial charge in [-0.05, 0) is 25.2 Å². The van der Waals surface area contributed by atoms with Crippen LogP contribution >= 0.6 is 23.2 Å². The molecule has 2 rings (SSSR count). The zero-order valence-corrected chi connectivity index (χ0v) is 10.0. The number of nitrogens with zero attached hydrogens (tertiary/aromatic N) is 2. The summed E-state index contributed by atoms with van der Waals surface area (Å²) in [5, 5.41) is 11.6. The molecular weight excluding hydrogens is 233 g/mol. The van der Waals surface area contributed by atoms with Gasteiger partial charge in [0.1, 0.15) is 0 Å². The second-order valence-corrected chi connectivity index (χ2v) is 4.88. The van der Waals surface area contributed by atoms with E-state index in [0.29, 0.717) is 16.3 Å². The third-order valence-electron chi connectivity index (χ3n) is 2.77. The van der Waals surface area contributed by atoms with E-state index in [9.17, 15) is 0 Å². The summed E-state index contributed by atoms with van der Waals surface area (Å²) in [6.07, 6.45) is 3.62. The lowest BCUT2D eigenvalue weighted by molar-refractivity contribution is 0.602. The van der Waals surface area contributed by atoms with Crippen LogP contribution in [0.25, 0.3) is 0 Å². The summed E-state index contributed by atoms with van der Waals surface area (Å²) in [6, 6.07) is 2.21. The SMILES string of the molecule is CC1CCC(Nc2cc(Cl)nnc2Cl)C1. The normalized spacial score (nSPS) is 25.5. The molecule has 5 heteroatoms. The van der Waals surface area contributed by atoms with Crippen molar-refractivity contribution in [2.75, 3.05) is 5.32 Å². The van der Waals surface area contributed by atoms with Crippen LogP contribution in [-0.4, -0.2) is 16.2 Å². The number of aromatic nitrogens is 2. The first-order chi connectivity index (χ1) is 7.15. The van der Waals surface area contributed by atoms with E-state index in [0.717, 1.165) is 11.6 Å². The maximum atomic E-state index is 5.92. The first kappa shape index (κ1) is 11.0. The highest BCUT2D eigenvalue weighted by atomic mass is 35.5. The highest BCUT2D eigenvalue weighted by Crippen LogP contribution is 2.29. The molecule has 0 bridgehead atoms. The Morgan fingerprint density at radius 1 is 1.33 bits per heavy atom. The van der Waals surface area contributed by atoms with Crippen molar-refractivity contribution in [1.82, 2.24) is 10.2 Å². The maximum absolute atomic E-state index is 5.92. The Balaban J connectivity index is 2.07. The molecule has 1 aliphatic rings. The standard InChI is InChI=1S/C10H13Cl2N3/c1-6-2-3-7(4-6)13-8-5-9(11)14-15-10(8)12/h5-7H,2-4H2,1H3,(H,13,14). The summed E-state index contributed by atoms with van der Waals surface area (Å²) in [4.78, 5) is 0. The molecule has 1 saturated carbocycles. The molecule has 1 fully saturated rings. The zero-order chi connectivity index (χ0) is 10.8. The van der Waals surface area contributed by atoms with Crippen LogP contribution in [0.3, 0.4) is 0 Å². The van der Waals surface area contributed by atoms with Gasteiger partial charge in [-0.3, -0.25) is 0 Å². The molecule has 15 heavy (non-hydrogen) atoms. The van der Waals surface area contributed by atoms with Gasteiger partial charge in [-0.25, -0.2) is 0 Å². The number of rotatable bonds is 2. The molecular formula is C10H13Cl2N3. The van der Waals surface area contributed by atoms with E-state index in [1.807, 2.05) is 0 Å². The number of nitrogens with one attached hydrogen (secondary N) is 1. The lowest BCUT2D eigenvalue weighted by Crippen LogP contribution is -2.16. The third kappa shape index (κ3) is 2.73. The number of hydrogen-bond donors (Lipinski definition) is 1. The minimum Gasteiger partial charge on any atom is -0.380 e. The second kappa shape index (κ2) is 4.54. The lowest BCUT2D eigenvalue weighted by Gasteiger charge is -2.14. The van der Waals surface area contributed by atoms with Crippen LogP contribution in [0.4, 0.5) is 5.69 Å². The summed E-state index contributed by atoms with van der Waals surface area (Å²) in [7, 11) is 0. The third-order valence-corrected chi connectivity index (χ3v) is 3.24. The smallest absolute Gasteiger partial charge is 0.174 e. The summed E-state index contributed by atoms with van der Waals surface area (Å²) in [6.45, 7) is 2.26. The van der Waals surface area contributed by atoms with Crippen molar-refractivity contribution in [3.8, 4) is 0 Å². The fraction of sp³-hybridized carbons (Fsp3) is 0.600. The van der Waals surface area contributed by atoms with Crippen LogP contribution in [-0.2, 0) is 0 Å². The topological polar surface area (TPSA) is 37.8 Å². The molecule has 1 N–H and O–H groups in total. The quantitative estimate of drug-likeness (QED) is 0.869. The Labute approximate surface area is 99.2 Å². The van der Waals surface area contributed by atoms with Crippen molar-refractivity contribution in [1.29, 1.82) is 0 Å². The molecule has 2 unspecified atom stereocenters. The van der Waals surface area contributed by atoms with Gasteiger partial charge in [0.2, 0.25) is 0 Å². The molecule has 0 aliphatic heterocycles. The highest BCUT2D eigenvalue weighted by Gasteiger charge is 2.21. The van der Waals surface area contributed by atoms with Crippen LogP contribution < -0.4 is 5.32 Å². The van der Waals surface area contributed by atoms with Crippen LogP contribution in [0.5, 0.6) is 0 Å². The summed E-state index contributed by atoms with van der Waals surface area (Å²) in [5.74, 6) is 0.784. The van der Waals surface area contributed by atoms with Gasteiger partial charge in [0.05, 0.1) is 5.69 Å². The first-order valence-corrected chi connectivity index (χ1v) is 5.86. The molecule has 0 radical (unpaired) electrons. The predicted molar refractivity (Wildman–Crippen MR) is 62.5 cm³/mol. The van der Waals surface area contributed by atoms with Gasteiger partial charge in [0, 0.05) is 12.1 Å². The van der Waals surface area contributed by atoms with E-state index >= 15 is 0 Å². The summed E-state index contributed by atoms with van der Waals surface area (Å²) in [5.41, 5.74) is 0.788. The second-order valence-electron chi connectivity index (χ2n) is 4.13. The highest BCUT2D eigenvalue weighted by molar-refractivity contribution is 6.33. The van der Waals surface area contributed by atoms with Crippen LogP contribution in [0.15, 0.2) is 6.07 Å². The molecule has 0 saturated heterocycles. The summed E-state index contributed by atoms with van der Waals surface area (Å²) < 4.78 is 0. The van der Waals surface area contributed by atoms with Crippen LogP contribution in [0.1, 0.15) is 26.2 Å². The largest absolute Gasteiger partial charge is 0.380 e. The van der Waals surface area contributed by atoms with Crippen molar-refractivity contribution >= 4 is 28.9 Å². The molecule has 3 nitrogen and oxygen atoms in total. The Morgan fingerprint density at radius 2 is 2.13 bits per heavy atom. The minimum absolute atomic E-state index is 0.368. The van der Waals surface area contributed by atoms with Gasteiger partial charge < -0.3 is 5.32 Å². The Bertz CT molecular complexity index is 357. The Hall–Kier alpha value is -0.540. The average Bonchev–Trinajstić information content (AvgIpc) is 2.58. The number of anilines is 1. The van der Waals surface area contributed by atoms with Crippen molar-refractivity contribution in [2.24, 2.45) is 5.92 Å². The van der Waals surface area contributed by atoms with Crippen LogP contribution in [0, 0.1) is 5.92 Å². The Morgan fingerprint density at radius 3 is 2.80 bits per heavy atom.